The Morgan fingerprint density at radius 1 is 1.40 bits per heavy atom. The van der Waals surface area contributed by atoms with Crippen molar-refractivity contribution in [3.8, 4) is 0 Å². The van der Waals surface area contributed by atoms with Gasteiger partial charge in [0, 0.05) is 12.7 Å². The van der Waals surface area contributed by atoms with E-state index in [0.717, 1.165) is 6.07 Å². The molecule has 0 radical (unpaired) electrons. The Hall–Kier alpha value is -1.93. The van der Waals surface area contributed by atoms with E-state index in [2.05, 4.69) is 9.82 Å². The molecule has 1 heterocycles. The van der Waals surface area contributed by atoms with Crippen LogP contribution in [0.25, 0.3) is 0 Å². The van der Waals surface area contributed by atoms with Gasteiger partial charge in [-0.1, -0.05) is 6.07 Å². The van der Waals surface area contributed by atoms with E-state index < -0.39 is 15.8 Å². The Morgan fingerprint density at radius 3 is 2.90 bits per heavy atom. The smallest absolute Gasteiger partial charge is 0.265 e. The number of hydrogen-bond donors (Lipinski definition) is 2. The average Bonchev–Trinajstić information content (AvgIpc) is 2.85. The molecule has 3 N–H and O–H groups in total. The summed E-state index contributed by atoms with van der Waals surface area (Å²) in [7, 11) is -3.77. The third-order valence-electron chi connectivity index (χ3n) is 2.59. The summed E-state index contributed by atoms with van der Waals surface area (Å²) in [5, 5.41) is 3.95. The normalized spacial score (nSPS) is 11.5. The number of nitrogens with two attached hydrogens (primary N) is 1. The number of halogens is 1. The molecule has 0 fully saturated rings. The van der Waals surface area contributed by atoms with Crippen molar-refractivity contribution in [2.75, 3.05) is 11.3 Å². The van der Waals surface area contributed by atoms with E-state index in [1.54, 1.807) is 0 Å². The second-order valence-electron chi connectivity index (χ2n) is 4.20. The zero-order chi connectivity index (χ0) is 14.6. The molecule has 2 rings (SSSR count). The molecular weight excluding hydrogens is 283 g/mol. The largest absolute Gasteiger partial charge is 0.330 e. The second kappa shape index (κ2) is 6.02. The molecule has 1 aromatic carbocycles. The minimum Gasteiger partial charge on any atom is -0.330 e. The van der Waals surface area contributed by atoms with Crippen LogP contribution in [0.2, 0.25) is 0 Å². The van der Waals surface area contributed by atoms with Crippen molar-refractivity contribution in [3.63, 3.8) is 0 Å². The first kappa shape index (κ1) is 14.5. The number of nitrogens with one attached hydrogen (secondary N) is 1. The number of aryl methyl sites for hydroxylation is 1. The lowest BCUT2D eigenvalue weighted by Gasteiger charge is -2.05. The van der Waals surface area contributed by atoms with Crippen LogP contribution in [0.4, 0.5) is 10.1 Å². The average molecular weight is 298 g/mol. The molecule has 0 saturated heterocycles. The Bertz CT molecular complexity index is 684. The number of benzene rings is 1. The SMILES string of the molecule is NCCCn1cc(S(=O)(=O)Nc2cccc(F)c2)cn1. The van der Waals surface area contributed by atoms with Gasteiger partial charge in [-0.15, -0.1) is 0 Å². The lowest BCUT2D eigenvalue weighted by molar-refractivity contribution is 0.582. The molecule has 8 heteroatoms. The van der Waals surface area contributed by atoms with Crippen LogP contribution in [0, 0.1) is 5.82 Å². The number of anilines is 1. The lowest BCUT2D eigenvalue weighted by atomic mass is 10.3. The maximum atomic E-state index is 13.0. The van der Waals surface area contributed by atoms with Gasteiger partial charge in [-0.2, -0.15) is 5.10 Å². The standard InChI is InChI=1S/C12H15FN4O2S/c13-10-3-1-4-11(7-10)16-20(18,19)12-8-15-17(9-12)6-2-5-14/h1,3-4,7-9,16H,2,5-6,14H2. The van der Waals surface area contributed by atoms with Crippen LogP contribution in [0.5, 0.6) is 0 Å². The summed E-state index contributed by atoms with van der Waals surface area (Å²) in [5.41, 5.74) is 5.54. The third-order valence-corrected chi connectivity index (χ3v) is 3.92. The molecule has 0 spiro atoms. The third kappa shape index (κ3) is 3.55. The highest BCUT2D eigenvalue weighted by atomic mass is 32.2. The van der Waals surface area contributed by atoms with Crippen LogP contribution in [-0.4, -0.2) is 24.7 Å². The van der Waals surface area contributed by atoms with Gasteiger partial charge in [0.15, 0.2) is 0 Å². The molecule has 0 aliphatic carbocycles. The number of aromatic nitrogens is 2. The molecule has 0 saturated carbocycles. The van der Waals surface area contributed by atoms with Crippen molar-refractivity contribution in [1.29, 1.82) is 0 Å². The Morgan fingerprint density at radius 2 is 2.20 bits per heavy atom. The topological polar surface area (TPSA) is 90.0 Å². The predicted molar refractivity (Wildman–Crippen MR) is 73.1 cm³/mol. The van der Waals surface area contributed by atoms with Gasteiger partial charge in [0.1, 0.15) is 10.7 Å². The molecular formula is C12H15FN4O2S. The van der Waals surface area contributed by atoms with Crippen molar-refractivity contribution in [3.05, 3.63) is 42.5 Å². The fourth-order valence-electron chi connectivity index (χ4n) is 1.62. The highest BCUT2D eigenvalue weighted by Crippen LogP contribution is 2.16. The zero-order valence-corrected chi connectivity index (χ0v) is 11.5. The van der Waals surface area contributed by atoms with Crippen LogP contribution in [0.15, 0.2) is 41.6 Å². The summed E-state index contributed by atoms with van der Waals surface area (Å²) in [6.45, 7) is 1.05. The van der Waals surface area contributed by atoms with E-state index in [-0.39, 0.29) is 10.6 Å². The Labute approximate surface area is 116 Å². The minimum atomic E-state index is -3.77. The molecule has 1 aromatic heterocycles. The fourth-order valence-corrected chi connectivity index (χ4v) is 2.63. The van der Waals surface area contributed by atoms with Crippen LogP contribution in [-0.2, 0) is 16.6 Å². The summed E-state index contributed by atoms with van der Waals surface area (Å²) in [4.78, 5) is 0.0267. The van der Waals surface area contributed by atoms with Crippen LogP contribution in [0.3, 0.4) is 0 Å². The van der Waals surface area contributed by atoms with Crippen LogP contribution in [0.1, 0.15) is 6.42 Å². The van der Waals surface area contributed by atoms with Gasteiger partial charge in [0.25, 0.3) is 10.0 Å². The van der Waals surface area contributed by atoms with E-state index in [1.807, 2.05) is 0 Å². The quantitative estimate of drug-likeness (QED) is 0.837. The highest BCUT2D eigenvalue weighted by Gasteiger charge is 2.16. The van der Waals surface area contributed by atoms with Gasteiger partial charge in [-0.25, -0.2) is 12.8 Å². The zero-order valence-electron chi connectivity index (χ0n) is 10.7. The molecule has 0 atom stereocenters. The first-order valence-corrected chi connectivity index (χ1v) is 7.50. The second-order valence-corrected chi connectivity index (χ2v) is 5.88. The lowest BCUT2D eigenvalue weighted by Crippen LogP contribution is -2.12. The van der Waals surface area contributed by atoms with Crippen molar-refractivity contribution in [2.45, 2.75) is 17.9 Å². The maximum Gasteiger partial charge on any atom is 0.265 e. The van der Waals surface area contributed by atoms with Gasteiger partial charge in [-0.05, 0) is 31.2 Å². The van der Waals surface area contributed by atoms with Gasteiger partial charge in [0.2, 0.25) is 0 Å². The number of sulfonamides is 1. The van der Waals surface area contributed by atoms with Crippen molar-refractivity contribution in [2.24, 2.45) is 5.73 Å². The number of nitrogens with zero attached hydrogens (tertiary/aromatic N) is 2. The van der Waals surface area contributed by atoms with Crippen molar-refractivity contribution < 1.29 is 12.8 Å². The van der Waals surface area contributed by atoms with Gasteiger partial charge >= 0.3 is 0 Å². The first-order chi connectivity index (χ1) is 9.51. The molecule has 6 nitrogen and oxygen atoms in total. The molecule has 108 valence electrons. The Kier molecular flexibility index (Phi) is 4.35. The van der Waals surface area contributed by atoms with E-state index in [0.29, 0.717) is 19.5 Å². The molecule has 0 unspecified atom stereocenters. The Balaban J connectivity index is 2.16. The van der Waals surface area contributed by atoms with E-state index >= 15 is 0 Å². The van der Waals surface area contributed by atoms with E-state index in [4.69, 9.17) is 5.73 Å². The van der Waals surface area contributed by atoms with Gasteiger partial charge in [0.05, 0.1) is 11.9 Å². The molecule has 20 heavy (non-hydrogen) atoms. The predicted octanol–water partition coefficient (Wildman–Crippen LogP) is 1.17. The molecule has 0 bridgehead atoms. The molecule has 0 amide bonds. The van der Waals surface area contributed by atoms with Crippen LogP contribution >= 0.6 is 0 Å². The summed E-state index contributed by atoms with van der Waals surface area (Å²) in [6, 6.07) is 5.25. The minimum absolute atomic E-state index is 0.0267. The number of rotatable bonds is 6. The first-order valence-electron chi connectivity index (χ1n) is 6.02. The summed E-state index contributed by atoms with van der Waals surface area (Å²) in [5.74, 6) is -0.510. The van der Waals surface area contributed by atoms with Crippen LogP contribution < -0.4 is 10.5 Å². The molecule has 0 aliphatic rings. The fraction of sp³-hybridized carbons (Fsp3) is 0.250. The van der Waals surface area contributed by atoms with Crippen molar-refractivity contribution >= 4 is 15.7 Å². The summed E-state index contributed by atoms with van der Waals surface area (Å²) in [6.07, 6.45) is 3.37. The van der Waals surface area contributed by atoms with Crippen molar-refractivity contribution in [1.82, 2.24) is 9.78 Å². The molecule has 0 aliphatic heterocycles. The molecule has 2 aromatic rings. The maximum absolute atomic E-state index is 13.0. The summed E-state index contributed by atoms with van der Waals surface area (Å²) >= 11 is 0. The van der Waals surface area contributed by atoms with Gasteiger partial charge < -0.3 is 5.73 Å². The summed E-state index contributed by atoms with van der Waals surface area (Å²) < 4.78 is 41.0. The van der Waals surface area contributed by atoms with Gasteiger partial charge in [-0.3, -0.25) is 9.40 Å². The monoisotopic (exact) mass is 298 g/mol. The highest BCUT2D eigenvalue weighted by molar-refractivity contribution is 7.92. The number of hydrogen-bond acceptors (Lipinski definition) is 4. The van der Waals surface area contributed by atoms with E-state index in [1.165, 1.54) is 35.3 Å². The van der Waals surface area contributed by atoms with E-state index in [9.17, 15) is 12.8 Å².